The summed E-state index contributed by atoms with van der Waals surface area (Å²) in [6.07, 6.45) is 7.09. The largest absolute Gasteiger partial charge is 0.491 e. The zero-order valence-electron chi connectivity index (χ0n) is 32.5. The molecule has 1 aliphatic rings. The molecule has 13 heteroatoms. The van der Waals surface area contributed by atoms with E-state index in [2.05, 4.69) is 95.7 Å². The standard InChI is InChI=1S/C43H49N7O4S2/c1-29(2)34-16-7-8-17-35(34)41-47-46-38-21-20-33(28-49(38)41)56-36-18-9-6-13-30(36)27-44-42(51)45-39-26-37(43(3,4)55-5)48-50(39)31-14-12-15-32(25-31)52-23-24-54-40-19-10-11-22-53-40/h6-9,12-18,20-21,25-26,28-29,40H,10-11,19,22-24,27H2,1-5H3,(H2,44,45,51). The predicted octanol–water partition coefficient (Wildman–Crippen LogP) is 9.70. The molecule has 0 radical (unpaired) electrons. The second-order valence-electron chi connectivity index (χ2n) is 14.4. The SMILES string of the molecule is CSC(C)(C)c1cc(NC(=O)NCc2ccccc2Sc2ccc3nnc(-c4ccccc4C(C)C)n3c2)n(-c2cccc(OCCOC3CCCCO3)c2)n1. The van der Waals surface area contributed by atoms with Gasteiger partial charge in [0.2, 0.25) is 0 Å². The van der Waals surface area contributed by atoms with Crippen molar-refractivity contribution in [3.63, 3.8) is 0 Å². The molecule has 2 N–H and O–H groups in total. The van der Waals surface area contributed by atoms with Gasteiger partial charge in [0.15, 0.2) is 17.8 Å². The third-order valence-electron chi connectivity index (χ3n) is 9.77. The summed E-state index contributed by atoms with van der Waals surface area (Å²) in [4.78, 5) is 15.6. The van der Waals surface area contributed by atoms with Crippen molar-refractivity contribution >= 4 is 41.0 Å². The fraction of sp³-hybridized carbons (Fsp3) is 0.349. The highest BCUT2D eigenvalue weighted by molar-refractivity contribution is 7.99. The van der Waals surface area contributed by atoms with Crippen LogP contribution >= 0.6 is 23.5 Å². The van der Waals surface area contributed by atoms with Crippen LogP contribution in [0.15, 0.2) is 107 Å². The Kier molecular flexibility index (Phi) is 12.6. The average Bonchev–Trinajstić information content (AvgIpc) is 3.84. The summed E-state index contributed by atoms with van der Waals surface area (Å²) in [5, 5.41) is 20.1. The molecule has 7 rings (SSSR count). The van der Waals surface area contributed by atoms with E-state index in [0.29, 0.717) is 37.2 Å². The molecule has 2 amide bonds. The van der Waals surface area contributed by atoms with Crippen LogP contribution in [0.4, 0.5) is 10.6 Å². The minimum absolute atomic E-state index is 0.157. The number of ether oxygens (including phenoxy) is 3. The number of fused-ring (bicyclic) bond motifs is 1. The van der Waals surface area contributed by atoms with Gasteiger partial charge in [-0.05, 0) is 86.7 Å². The summed E-state index contributed by atoms with van der Waals surface area (Å²) in [5.74, 6) is 2.40. The lowest BCUT2D eigenvalue weighted by Gasteiger charge is -2.22. The van der Waals surface area contributed by atoms with Crippen molar-refractivity contribution in [3.05, 3.63) is 114 Å². The minimum Gasteiger partial charge on any atom is -0.491 e. The number of thioether (sulfide) groups is 1. The molecule has 292 valence electrons. The number of aromatic nitrogens is 5. The van der Waals surface area contributed by atoms with Crippen LogP contribution in [0.2, 0.25) is 0 Å². The number of hydrogen-bond acceptors (Lipinski definition) is 9. The Labute approximate surface area is 336 Å². The second-order valence-corrected chi connectivity index (χ2v) is 17.0. The van der Waals surface area contributed by atoms with Gasteiger partial charge in [-0.3, -0.25) is 9.72 Å². The number of nitrogens with zero attached hydrogens (tertiary/aromatic N) is 5. The van der Waals surface area contributed by atoms with Crippen molar-refractivity contribution in [1.29, 1.82) is 0 Å². The first-order chi connectivity index (χ1) is 27.2. The lowest BCUT2D eigenvalue weighted by molar-refractivity contribution is -0.165. The Morgan fingerprint density at radius 2 is 1.82 bits per heavy atom. The van der Waals surface area contributed by atoms with Gasteiger partial charge in [-0.15, -0.1) is 10.2 Å². The zero-order valence-corrected chi connectivity index (χ0v) is 34.2. The highest BCUT2D eigenvalue weighted by Crippen LogP contribution is 2.36. The quantitative estimate of drug-likeness (QED) is 0.0981. The molecule has 0 spiro atoms. The number of anilines is 1. The van der Waals surface area contributed by atoms with Gasteiger partial charge in [-0.2, -0.15) is 16.9 Å². The molecule has 3 aromatic carbocycles. The summed E-state index contributed by atoms with van der Waals surface area (Å²) in [7, 11) is 0. The number of nitrogens with one attached hydrogen (secondary N) is 2. The van der Waals surface area contributed by atoms with Crippen LogP contribution in [0.1, 0.15) is 69.7 Å². The Balaban J connectivity index is 1.04. The van der Waals surface area contributed by atoms with Gasteiger partial charge in [-0.25, -0.2) is 9.48 Å². The molecule has 1 fully saturated rings. The number of urea groups is 1. The highest BCUT2D eigenvalue weighted by Gasteiger charge is 2.26. The molecule has 0 saturated carbocycles. The van der Waals surface area contributed by atoms with E-state index >= 15 is 0 Å². The molecule has 1 saturated heterocycles. The number of rotatable bonds is 15. The first kappa shape index (κ1) is 39.4. The van der Waals surface area contributed by atoms with Gasteiger partial charge in [0.1, 0.15) is 18.2 Å². The van der Waals surface area contributed by atoms with E-state index in [1.165, 1.54) is 5.56 Å². The van der Waals surface area contributed by atoms with Crippen LogP contribution in [0.5, 0.6) is 5.75 Å². The van der Waals surface area contributed by atoms with Gasteiger partial charge in [-0.1, -0.05) is 74.1 Å². The van der Waals surface area contributed by atoms with E-state index in [9.17, 15) is 4.79 Å². The van der Waals surface area contributed by atoms with Gasteiger partial charge >= 0.3 is 6.03 Å². The number of benzene rings is 3. The van der Waals surface area contributed by atoms with E-state index in [4.69, 9.17) is 19.3 Å². The molecular formula is C43H49N7O4S2. The van der Waals surface area contributed by atoms with E-state index in [-0.39, 0.29) is 17.1 Å². The van der Waals surface area contributed by atoms with Crippen LogP contribution in [0.25, 0.3) is 22.7 Å². The number of pyridine rings is 1. The summed E-state index contributed by atoms with van der Waals surface area (Å²) >= 11 is 3.33. The Morgan fingerprint density at radius 1 is 0.982 bits per heavy atom. The van der Waals surface area contributed by atoms with Crippen molar-refractivity contribution in [1.82, 2.24) is 29.7 Å². The molecular weight excluding hydrogens is 743 g/mol. The van der Waals surface area contributed by atoms with E-state index in [0.717, 1.165) is 69.6 Å². The first-order valence-corrected chi connectivity index (χ1v) is 21.1. The number of hydrogen-bond donors (Lipinski definition) is 2. The lowest BCUT2D eigenvalue weighted by Crippen LogP contribution is -2.29. The smallest absolute Gasteiger partial charge is 0.320 e. The molecule has 56 heavy (non-hydrogen) atoms. The molecule has 1 atom stereocenters. The van der Waals surface area contributed by atoms with Crippen molar-refractivity contribution in [3.8, 4) is 22.8 Å². The van der Waals surface area contributed by atoms with Crippen molar-refractivity contribution < 1.29 is 19.0 Å². The molecule has 3 aromatic heterocycles. The molecule has 6 aromatic rings. The highest BCUT2D eigenvalue weighted by atomic mass is 32.2. The molecule has 1 unspecified atom stereocenters. The van der Waals surface area contributed by atoms with Crippen LogP contribution in [0.3, 0.4) is 0 Å². The maximum atomic E-state index is 13.6. The molecule has 1 aliphatic heterocycles. The molecule has 4 heterocycles. The Hall–Kier alpha value is -4.82. The van der Waals surface area contributed by atoms with Crippen molar-refractivity contribution in [2.75, 3.05) is 31.4 Å². The van der Waals surface area contributed by atoms with Crippen LogP contribution in [-0.2, 0) is 20.8 Å². The fourth-order valence-electron chi connectivity index (χ4n) is 6.48. The van der Waals surface area contributed by atoms with Crippen LogP contribution in [0, 0.1) is 0 Å². The number of carbonyl (C=O) groups excluding carboxylic acids is 1. The molecule has 0 aliphatic carbocycles. The molecule has 11 nitrogen and oxygen atoms in total. The summed E-state index contributed by atoms with van der Waals surface area (Å²) in [6.45, 7) is 10.5. The van der Waals surface area contributed by atoms with E-state index in [1.54, 1.807) is 28.2 Å². The Bertz CT molecular complexity index is 2260. The van der Waals surface area contributed by atoms with Crippen molar-refractivity contribution in [2.24, 2.45) is 0 Å². The van der Waals surface area contributed by atoms with Gasteiger partial charge < -0.3 is 19.5 Å². The lowest BCUT2D eigenvalue weighted by atomic mass is 9.97. The minimum atomic E-state index is -0.340. The van der Waals surface area contributed by atoms with Gasteiger partial charge in [0.25, 0.3) is 0 Å². The van der Waals surface area contributed by atoms with E-state index in [1.807, 2.05) is 60.7 Å². The Morgan fingerprint density at radius 3 is 2.64 bits per heavy atom. The maximum Gasteiger partial charge on any atom is 0.320 e. The number of carbonyl (C=O) groups is 1. The van der Waals surface area contributed by atoms with Crippen LogP contribution < -0.4 is 15.4 Å². The summed E-state index contributed by atoms with van der Waals surface area (Å²) < 4.78 is 21.1. The van der Waals surface area contributed by atoms with Crippen molar-refractivity contribution in [2.45, 2.75) is 80.2 Å². The second kappa shape index (κ2) is 18.0. The first-order valence-electron chi connectivity index (χ1n) is 19.1. The monoisotopic (exact) mass is 791 g/mol. The average molecular weight is 792 g/mol. The number of amides is 2. The van der Waals surface area contributed by atoms with E-state index < -0.39 is 0 Å². The van der Waals surface area contributed by atoms with Crippen LogP contribution in [-0.4, -0.2) is 62.8 Å². The third-order valence-corrected chi connectivity index (χ3v) is 12.1. The third kappa shape index (κ3) is 9.40. The normalized spacial score (nSPS) is 14.6. The van der Waals surface area contributed by atoms with Gasteiger partial charge in [0, 0.05) is 46.8 Å². The summed E-state index contributed by atoms with van der Waals surface area (Å²) in [5.41, 5.74) is 5.68. The predicted molar refractivity (Wildman–Crippen MR) is 224 cm³/mol. The summed E-state index contributed by atoms with van der Waals surface area (Å²) in [6, 6.07) is 29.8. The zero-order chi connectivity index (χ0) is 39.1. The maximum absolute atomic E-state index is 13.6. The fourth-order valence-corrected chi connectivity index (χ4v) is 7.76. The molecule has 0 bridgehead atoms. The van der Waals surface area contributed by atoms with Gasteiger partial charge in [0.05, 0.1) is 22.7 Å². The topological polar surface area (TPSA) is 117 Å².